The van der Waals surface area contributed by atoms with Gasteiger partial charge in [-0.15, -0.1) is 0 Å². The van der Waals surface area contributed by atoms with E-state index in [4.69, 9.17) is 4.74 Å². The maximum Gasteiger partial charge on any atom is 0.294 e. The minimum absolute atomic E-state index is 0.0583. The lowest BCUT2D eigenvalue weighted by atomic mass is 10.1. The van der Waals surface area contributed by atoms with Crippen molar-refractivity contribution in [3.63, 3.8) is 0 Å². The molecule has 6 heteroatoms. The van der Waals surface area contributed by atoms with E-state index >= 15 is 0 Å². The van der Waals surface area contributed by atoms with E-state index in [1.165, 1.54) is 24.3 Å². The van der Waals surface area contributed by atoms with Gasteiger partial charge in [0.1, 0.15) is 17.2 Å². The highest BCUT2D eigenvalue weighted by atomic mass is 32.2. The molecule has 0 spiro atoms. The zero-order chi connectivity index (χ0) is 17.6. The van der Waals surface area contributed by atoms with Crippen LogP contribution in [0.2, 0.25) is 0 Å². The molecule has 0 saturated carbocycles. The molecule has 0 fully saturated rings. The van der Waals surface area contributed by atoms with Crippen molar-refractivity contribution in [1.29, 1.82) is 0 Å². The summed E-state index contributed by atoms with van der Waals surface area (Å²) in [5, 5.41) is 9.53. The van der Waals surface area contributed by atoms with Crippen LogP contribution in [0, 0.1) is 0 Å². The number of hydrogen-bond acceptors (Lipinski definition) is 4. The van der Waals surface area contributed by atoms with Crippen LogP contribution in [0.4, 0.5) is 0 Å². The van der Waals surface area contributed by atoms with E-state index < -0.39 is 10.1 Å². The number of phenols is 1. The van der Waals surface area contributed by atoms with E-state index in [0.29, 0.717) is 11.5 Å². The van der Waals surface area contributed by atoms with Gasteiger partial charge in [-0.2, -0.15) is 8.42 Å². The summed E-state index contributed by atoms with van der Waals surface area (Å²) in [6, 6.07) is 10.6. The number of phenolic OH excluding ortho intramolecular Hbond substituents is 1. The van der Waals surface area contributed by atoms with Crippen molar-refractivity contribution in [1.82, 2.24) is 0 Å². The SMILES string of the molecule is CCCCCCc1ccc(S(=O)(=O)O)cc1Oc1cccc(O)c1. The van der Waals surface area contributed by atoms with Crippen molar-refractivity contribution in [3.8, 4) is 17.2 Å². The molecule has 0 unspecified atom stereocenters. The molecule has 5 nitrogen and oxygen atoms in total. The van der Waals surface area contributed by atoms with Gasteiger partial charge in [-0.3, -0.25) is 4.55 Å². The Kier molecular flexibility index (Phi) is 6.23. The molecule has 0 radical (unpaired) electrons. The van der Waals surface area contributed by atoms with Crippen molar-refractivity contribution in [2.24, 2.45) is 0 Å². The van der Waals surface area contributed by atoms with Gasteiger partial charge in [0.05, 0.1) is 4.90 Å². The van der Waals surface area contributed by atoms with E-state index in [-0.39, 0.29) is 10.6 Å². The molecule has 2 N–H and O–H groups in total. The first kappa shape index (κ1) is 18.3. The number of aryl methyl sites for hydroxylation is 1. The summed E-state index contributed by atoms with van der Waals surface area (Å²) in [6.07, 6.45) is 5.08. The van der Waals surface area contributed by atoms with E-state index in [9.17, 15) is 18.1 Å². The predicted octanol–water partition coefficient (Wildman–Crippen LogP) is 4.55. The summed E-state index contributed by atoms with van der Waals surface area (Å²) in [6.45, 7) is 2.14. The van der Waals surface area contributed by atoms with Crippen LogP contribution in [-0.2, 0) is 16.5 Å². The standard InChI is InChI=1S/C18H22O5S/c1-2-3-4-5-7-14-10-11-17(24(20,21)22)13-18(14)23-16-9-6-8-15(19)12-16/h6,8-13,19H,2-5,7H2,1H3,(H,20,21,22). The third-order valence-electron chi connectivity index (χ3n) is 3.68. The third-order valence-corrected chi connectivity index (χ3v) is 4.53. The van der Waals surface area contributed by atoms with Crippen molar-refractivity contribution >= 4 is 10.1 Å². The average Bonchev–Trinajstić information content (AvgIpc) is 2.52. The Labute approximate surface area is 142 Å². The summed E-state index contributed by atoms with van der Waals surface area (Å²) < 4.78 is 37.7. The molecule has 0 heterocycles. The molecule has 0 bridgehead atoms. The zero-order valence-corrected chi connectivity index (χ0v) is 14.4. The predicted molar refractivity (Wildman–Crippen MR) is 92.3 cm³/mol. The molecular formula is C18H22O5S. The molecule has 0 amide bonds. The number of hydrogen-bond donors (Lipinski definition) is 2. The Hall–Kier alpha value is -2.05. The van der Waals surface area contributed by atoms with Crippen molar-refractivity contribution in [2.45, 2.75) is 43.9 Å². The molecule has 0 atom stereocenters. The zero-order valence-electron chi connectivity index (χ0n) is 13.6. The Balaban J connectivity index is 2.29. The lowest BCUT2D eigenvalue weighted by Crippen LogP contribution is -2.00. The third kappa shape index (κ3) is 5.25. The summed E-state index contributed by atoms with van der Waals surface area (Å²) in [5.41, 5.74) is 0.863. The van der Waals surface area contributed by atoms with Crippen LogP contribution in [0.3, 0.4) is 0 Å². The number of benzene rings is 2. The lowest BCUT2D eigenvalue weighted by Gasteiger charge is -2.13. The maximum atomic E-state index is 11.4. The van der Waals surface area contributed by atoms with Crippen molar-refractivity contribution in [2.75, 3.05) is 0 Å². The van der Waals surface area contributed by atoms with Gasteiger partial charge in [-0.25, -0.2) is 0 Å². The fourth-order valence-electron chi connectivity index (χ4n) is 2.41. The molecule has 0 aliphatic carbocycles. The van der Waals surface area contributed by atoms with E-state index in [2.05, 4.69) is 6.92 Å². The van der Waals surface area contributed by atoms with Gasteiger partial charge in [-0.05, 0) is 36.6 Å². The minimum Gasteiger partial charge on any atom is -0.508 e. The van der Waals surface area contributed by atoms with Crippen LogP contribution in [0.25, 0.3) is 0 Å². The second-order valence-corrected chi connectivity index (χ2v) is 7.08. The summed E-state index contributed by atoms with van der Waals surface area (Å²) in [5.74, 6) is 0.826. The maximum absolute atomic E-state index is 11.4. The van der Waals surface area contributed by atoms with Gasteiger partial charge in [0.25, 0.3) is 10.1 Å². The molecule has 0 saturated heterocycles. The fourth-order valence-corrected chi connectivity index (χ4v) is 2.91. The molecule has 2 rings (SSSR count). The van der Waals surface area contributed by atoms with Crippen LogP contribution in [-0.4, -0.2) is 18.1 Å². The van der Waals surface area contributed by atoms with E-state index in [1.807, 2.05) is 0 Å². The average molecular weight is 350 g/mol. The monoisotopic (exact) mass is 350 g/mol. The first-order valence-electron chi connectivity index (χ1n) is 7.97. The van der Waals surface area contributed by atoms with E-state index in [1.54, 1.807) is 18.2 Å². The molecule has 0 aromatic heterocycles. The smallest absolute Gasteiger partial charge is 0.294 e. The molecule has 0 aliphatic rings. The van der Waals surface area contributed by atoms with Crippen molar-refractivity contribution in [3.05, 3.63) is 48.0 Å². The number of ether oxygens (including phenoxy) is 1. The highest BCUT2D eigenvalue weighted by Gasteiger charge is 2.14. The number of rotatable bonds is 8. The fraction of sp³-hybridized carbons (Fsp3) is 0.333. The molecule has 24 heavy (non-hydrogen) atoms. The van der Waals surface area contributed by atoms with Gasteiger partial charge >= 0.3 is 0 Å². The Morgan fingerprint density at radius 2 is 1.83 bits per heavy atom. The largest absolute Gasteiger partial charge is 0.508 e. The first-order chi connectivity index (χ1) is 11.4. The van der Waals surface area contributed by atoms with Crippen LogP contribution in [0.1, 0.15) is 38.2 Å². The second-order valence-electron chi connectivity index (χ2n) is 5.65. The normalized spacial score (nSPS) is 11.4. The van der Waals surface area contributed by atoms with E-state index in [0.717, 1.165) is 37.7 Å². The highest BCUT2D eigenvalue weighted by molar-refractivity contribution is 7.85. The highest BCUT2D eigenvalue weighted by Crippen LogP contribution is 2.31. The molecule has 130 valence electrons. The Morgan fingerprint density at radius 3 is 2.50 bits per heavy atom. The van der Waals surface area contributed by atoms with Crippen LogP contribution >= 0.6 is 0 Å². The first-order valence-corrected chi connectivity index (χ1v) is 9.41. The minimum atomic E-state index is -4.30. The Bertz CT molecular complexity index is 784. The lowest BCUT2D eigenvalue weighted by molar-refractivity contribution is 0.449. The molecule has 2 aromatic rings. The van der Waals surface area contributed by atoms with Gasteiger partial charge in [0, 0.05) is 12.1 Å². The van der Waals surface area contributed by atoms with Gasteiger partial charge in [0.2, 0.25) is 0 Å². The second kappa shape index (κ2) is 8.17. The summed E-state index contributed by atoms with van der Waals surface area (Å²) in [4.78, 5) is -0.213. The summed E-state index contributed by atoms with van der Waals surface area (Å²) in [7, 11) is -4.30. The topological polar surface area (TPSA) is 83.8 Å². The Morgan fingerprint density at radius 1 is 1.04 bits per heavy atom. The number of unbranched alkanes of at least 4 members (excludes halogenated alkanes) is 3. The van der Waals surface area contributed by atoms with Crippen molar-refractivity contribution < 1.29 is 22.8 Å². The molecular weight excluding hydrogens is 328 g/mol. The molecule has 0 aliphatic heterocycles. The van der Waals surface area contributed by atoms with Gasteiger partial charge < -0.3 is 9.84 Å². The van der Waals surface area contributed by atoms with Crippen LogP contribution < -0.4 is 4.74 Å². The quantitative estimate of drug-likeness (QED) is 0.539. The van der Waals surface area contributed by atoms with Crippen LogP contribution in [0.5, 0.6) is 17.2 Å². The van der Waals surface area contributed by atoms with Gasteiger partial charge in [-0.1, -0.05) is 38.3 Å². The summed E-state index contributed by atoms with van der Waals surface area (Å²) >= 11 is 0. The van der Waals surface area contributed by atoms with Crippen LogP contribution in [0.15, 0.2) is 47.4 Å². The number of aromatic hydroxyl groups is 1. The van der Waals surface area contributed by atoms with Gasteiger partial charge in [0.15, 0.2) is 0 Å². The molecule has 2 aromatic carbocycles.